The van der Waals surface area contributed by atoms with E-state index in [4.69, 9.17) is 0 Å². The SMILES string of the molecule is CC(C)CNc1nc(Br)cn2c(-c3ccc(S(=O)(=O)NC4CC4)cc3)cnc12.O=S(=O)(NC1CC1)c1ccc(-c2cnc3c(Br)nc(Br)cn23)cc1. The number of rotatable bonds is 11. The van der Waals surface area contributed by atoms with E-state index < -0.39 is 20.0 Å². The zero-order valence-corrected chi connectivity index (χ0v) is 34.4. The van der Waals surface area contributed by atoms with Gasteiger partial charge in [-0.2, -0.15) is 0 Å². The van der Waals surface area contributed by atoms with Crippen molar-refractivity contribution in [2.45, 2.75) is 61.4 Å². The molecule has 0 radical (unpaired) electrons. The Labute approximate surface area is 326 Å². The monoisotopic (exact) mass is 933 g/mol. The molecule has 4 aromatic heterocycles. The van der Waals surface area contributed by atoms with E-state index in [0.29, 0.717) is 31.2 Å². The molecule has 3 N–H and O–H groups in total. The molecule has 2 aliphatic rings. The topological polar surface area (TPSA) is 165 Å². The Bertz CT molecular complexity index is 2480. The minimum absolute atomic E-state index is 0.0880. The summed E-state index contributed by atoms with van der Waals surface area (Å²) in [5, 5.41) is 3.33. The van der Waals surface area contributed by atoms with E-state index in [0.717, 1.165) is 60.4 Å². The highest BCUT2D eigenvalue weighted by molar-refractivity contribution is 9.11. The van der Waals surface area contributed by atoms with Crippen LogP contribution >= 0.6 is 47.8 Å². The number of nitrogens with zero attached hydrogens (tertiary/aromatic N) is 6. The first-order valence-electron chi connectivity index (χ1n) is 16.5. The molecule has 6 aromatic rings. The van der Waals surface area contributed by atoms with Gasteiger partial charge in [-0.25, -0.2) is 46.2 Å². The number of sulfonamides is 2. The molecule has 13 nitrogen and oxygen atoms in total. The Hall–Kier alpha value is -3.26. The summed E-state index contributed by atoms with van der Waals surface area (Å²) in [7, 11) is -6.89. The zero-order chi connectivity index (χ0) is 36.8. The summed E-state index contributed by atoms with van der Waals surface area (Å²) in [6.45, 7) is 5.06. The molecule has 2 aromatic carbocycles. The number of nitrogens with one attached hydrogen (secondary N) is 3. The predicted octanol–water partition coefficient (Wildman–Crippen LogP) is 7.03. The van der Waals surface area contributed by atoms with Crippen molar-refractivity contribution in [1.82, 2.24) is 38.2 Å². The van der Waals surface area contributed by atoms with Gasteiger partial charge in [0, 0.05) is 42.1 Å². The van der Waals surface area contributed by atoms with E-state index in [-0.39, 0.29) is 21.9 Å². The number of hydrogen-bond acceptors (Lipinski definition) is 9. The molecule has 52 heavy (non-hydrogen) atoms. The summed E-state index contributed by atoms with van der Waals surface area (Å²) in [5.41, 5.74) is 4.90. The second kappa shape index (κ2) is 14.9. The Morgan fingerprint density at radius 2 is 1.13 bits per heavy atom. The highest BCUT2D eigenvalue weighted by Gasteiger charge is 2.29. The maximum atomic E-state index is 12.4. The van der Waals surface area contributed by atoms with Crippen LogP contribution in [0.4, 0.5) is 5.82 Å². The lowest BCUT2D eigenvalue weighted by Gasteiger charge is -2.11. The van der Waals surface area contributed by atoms with Crippen LogP contribution in [-0.2, 0) is 20.0 Å². The summed E-state index contributed by atoms with van der Waals surface area (Å²) < 4.78 is 60.4. The zero-order valence-electron chi connectivity index (χ0n) is 28.0. The van der Waals surface area contributed by atoms with Gasteiger partial charge >= 0.3 is 0 Å². The first-order valence-corrected chi connectivity index (χ1v) is 21.8. The van der Waals surface area contributed by atoms with E-state index in [1.165, 1.54) is 0 Å². The molecule has 4 heterocycles. The normalized spacial score (nSPS) is 14.9. The van der Waals surface area contributed by atoms with Crippen molar-refractivity contribution < 1.29 is 16.8 Å². The van der Waals surface area contributed by atoms with Gasteiger partial charge in [-0.05, 0) is 104 Å². The number of halogens is 3. The van der Waals surface area contributed by atoms with Crippen molar-refractivity contribution in [3.63, 3.8) is 0 Å². The molecule has 0 amide bonds. The summed E-state index contributed by atoms with van der Waals surface area (Å²) >= 11 is 10.2. The number of fused-ring (bicyclic) bond motifs is 2. The van der Waals surface area contributed by atoms with Crippen molar-refractivity contribution in [1.29, 1.82) is 0 Å². The third-order valence-corrected chi connectivity index (χ3v) is 12.7. The van der Waals surface area contributed by atoms with Gasteiger partial charge in [0.05, 0.1) is 33.6 Å². The third kappa shape index (κ3) is 8.42. The Balaban J connectivity index is 0.000000164. The maximum absolute atomic E-state index is 12.4. The fourth-order valence-electron chi connectivity index (χ4n) is 5.32. The fourth-order valence-corrected chi connectivity index (χ4v) is 9.41. The van der Waals surface area contributed by atoms with Crippen LogP contribution in [0.5, 0.6) is 0 Å². The Morgan fingerprint density at radius 1 is 0.692 bits per heavy atom. The third-order valence-electron chi connectivity index (χ3n) is 8.28. The quantitative estimate of drug-likeness (QED) is 0.124. The summed E-state index contributed by atoms with van der Waals surface area (Å²) in [6, 6.07) is 13.9. The largest absolute Gasteiger partial charge is 0.367 e. The van der Waals surface area contributed by atoms with Crippen LogP contribution in [0.1, 0.15) is 39.5 Å². The van der Waals surface area contributed by atoms with Gasteiger partial charge in [-0.1, -0.05) is 38.1 Å². The molecular weight excluding hydrogens is 902 g/mol. The molecule has 0 atom stereocenters. The summed E-state index contributed by atoms with van der Waals surface area (Å²) in [4.78, 5) is 18.2. The lowest BCUT2D eigenvalue weighted by Crippen LogP contribution is -2.25. The van der Waals surface area contributed by atoms with E-state index in [1.54, 1.807) is 60.9 Å². The Morgan fingerprint density at radius 3 is 1.60 bits per heavy atom. The average Bonchev–Trinajstić information content (AvgIpc) is 4.01. The average molecular weight is 937 g/mol. The molecule has 0 unspecified atom stereocenters. The Kier molecular flexibility index (Phi) is 10.6. The fraction of sp³-hybridized carbons (Fsp3) is 0.294. The molecule has 18 heteroatoms. The number of imidazole rings is 2. The van der Waals surface area contributed by atoms with Gasteiger partial charge in [0.2, 0.25) is 20.0 Å². The summed E-state index contributed by atoms with van der Waals surface area (Å²) in [5.74, 6) is 1.19. The maximum Gasteiger partial charge on any atom is 0.240 e. The number of aromatic nitrogens is 6. The van der Waals surface area contributed by atoms with Gasteiger partial charge in [-0.15, -0.1) is 0 Å². The van der Waals surface area contributed by atoms with Crippen LogP contribution in [0.2, 0.25) is 0 Å². The van der Waals surface area contributed by atoms with Gasteiger partial charge in [0.1, 0.15) is 9.21 Å². The highest BCUT2D eigenvalue weighted by Crippen LogP contribution is 2.29. The van der Waals surface area contributed by atoms with Crippen molar-refractivity contribution in [3.8, 4) is 22.5 Å². The smallest absolute Gasteiger partial charge is 0.240 e. The number of anilines is 1. The van der Waals surface area contributed by atoms with Crippen molar-refractivity contribution in [3.05, 3.63) is 87.1 Å². The van der Waals surface area contributed by atoms with E-state index >= 15 is 0 Å². The second-order valence-corrected chi connectivity index (χ2v) is 18.9. The van der Waals surface area contributed by atoms with Gasteiger partial charge < -0.3 is 5.32 Å². The van der Waals surface area contributed by atoms with Crippen LogP contribution in [0, 0.1) is 5.92 Å². The summed E-state index contributed by atoms with van der Waals surface area (Å²) in [6.07, 6.45) is 10.8. The van der Waals surface area contributed by atoms with E-state index in [1.807, 2.05) is 21.2 Å². The molecular formula is C34H34Br3N9O4S2. The van der Waals surface area contributed by atoms with Crippen molar-refractivity contribution in [2.24, 2.45) is 5.92 Å². The van der Waals surface area contributed by atoms with Crippen molar-refractivity contribution in [2.75, 3.05) is 11.9 Å². The van der Waals surface area contributed by atoms with Crippen LogP contribution in [0.15, 0.2) is 96.9 Å². The van der Waals surface area contributed by atoms with Gasteiger partial charge in [0.25, 0.3) is 0 Å². The molecule has 272 valence electrons. The van der Waals surface area contributed by atoms with E-state index in [2.05, 4.69) is 96.3 Å². The minimum Gasteiger partial charge on any atom is -0.367 e. The molecule has 2 aliphatic carbocycles. The molecule has 0 bridgehead atoms. The van der Waals surface area contributed by atoms with Crippen LogP contribution in [-0.4, -0.2) is 64.2 Å². The standard InChI is InChI=1S/C19H22BrN5O2S.C15H12Br2N4O2S/c1-12(2)9-21-18-19-22-10-16(25(19)11-17(20)23-18)13-3-7-15(8-4-13)28(26,27)24-14-5-6-14;16-13-8-21-12(7-18-15(21)14(17)19-13)9-1-5-11(6-2-9)24(22,23)20-10-3-4-10/h3-4,7-8,10-12,14,24H,5-6,9H2,1-2H3,(H,21,23);1-2,5-8,10,20H,3-4H2. The van der Waals surface area contributed by atoms with Crippen LogP contribution in [0.25, 0.3) is 33.8 Å². The van der Waals surface area contributed by atoms with E-state index in [9.17, 15) is 16.8 Å². The molecule has 2 fully saturated rings. The molecule has 0 aliphatic heterocycles. The van der Waals surface area contributed by atoms with Gasteiger partial charge in [0.15, 0.2) is 21.7 Å². The minimum atomic E-state index is -3.45. The first kappa shape index (κ1) is 37.1. The lowest BCUT2D eigenvalue weighted by atomic mass is 10.2. The van der Waals surface area contributed by atoms with Gasteiger partial charge in [-0.3, -0.25) is 8.80 Å². The molecule has 0 saturated heterocycles. The number of benzene rings is 2. The second-order valence-electron chi connectivity index (χ2n) is 13.1. The molecule has 8 rings (SSSR count). The predicted molar refractivity (Wildman–Crippen MR) is 210 cm³/mol. The van der Waals surface area contributed by atoms with Crippen LogP contribution in [0.3, 0.4) is 0 Å². The van der Waals surface area contributed by atoms with Crippen LogP contribution < -0.4 is 14.8 Å². The highest BCUT2D eigenvalue weighted by atomic mass is 79.9. The first-order chi connectivity index (χ1) is 24.8. The number of hydrogen-bond donors (Lipinski definition) is 3. The molecule has 2 saturated carbocycles. The molecule has 0 spiro atoms. The van der Waals surface area contributed by atoms with Crippen molar-refractivity contribution >= 4 is 84.9 Å². The lowest BCUT2D eigenvalue weighted by molar-refractivity contribution is 0.579.